The van der Waals surface area contributed by atoms with Gasteiger partial charge in [0.05, 0.1) is 0 Å². The van der Waals surface area contributed by atoms with Crippen LogP contribution in [-0.2, 0) is 0 Å². The van der Waals surface area contributed by atoms with Crippen molar-refractivity contribution in [2.24, 2.45) is 0 Å². The lowest BCUT2D eigenvalue weighted by Gasteiger charge is -2.14. The van der Waals surface area contributed by atoms with Crippen molar-refractivity contribution in [2.45, 2.75) is 12.5 Å². The summed E-state index contributed by atoms with van der Waals surface area (Å²) in [5.74, 6) is 2.29. The number of terminal acetylenes is 1. The highest BCUT2D eigenvalue weighted by atomic mass is 79.9. The highest BCUT2D eigenvalue weighted by Gasteiger charge is 2.12. The van der Waals surface area contributed by atoms with Crippen LogP contribution in [0.4, 0.5) is 4.39 Å². The Hall–Kier alpha value is -0.850. The van der Waals surface area contributed by atoms with Crippen LogP contribution in [0, 0.1) is 18.2 Å². The minimum Gasteiger partial charge on any atom is -0.312 e. The Morgan fingerprint density at radius 2 is 2.36 bits per heavy atom. The lowest BCUT2D eigenvalue weighted by molar-refractivity contribution is 0.543. The van der Waals surface area contributed by atoms with Crippen LogP contribution in [0.1, 0.15) is 18.0 Å². The van der Waals surface area contributed by atoms with Crippen molar-refractivity contribution in [3.05, 3.63) is 34.1 Å². The summed E-state index contributed by atoms with van der Waals surface area (Å²) < 4.78 is 14.3. The number of benzene rings is 1. The van der Waals surface area contributed by atoms with Crippen molar-refractivity contribution in [2.75, 3.05) is 7.05 Å². The molecule has 0 saturated carbocycles. The lowest BCUT2D eigenvalue weighted by Crippen LogP contribution is -2.17. The van der Waals surface area contributed by atoms with Crippen molar-refractivity contribution in [1.29, 1.82) is 0 Å². The van der Waals surface area contributed by atoms with Gasteiger partial charge in [-0.05, 0) is 25.2 Å². The minimum absolute atomic E-state index is 0.127. The summed E-state index contributed by atoms with van der Waals surface area (Å²) in [5, 5.41) is 2.98. The number of nitrogens with one attached hydrogen (secondary N) is 1. The van der Waals surface area contributed by atoms with Crippen molar-refractivity contribution in [3.63, 3.8) is 0 Å². The van der Waals surface area contributed by atoms with Crippen LogP contribution in [-0.4, -0.2) is 7.05 Å². The predicted octanol–water partition coefficient (Wildman–Crippen LogP) is 2.87. The molecule has 3 heteroatoms. The fourth-order valence-corrected chi connectivity index (χ4v) is 1.65. The van der Waals surface area contributed by atoms with Crippen molar-refractivity contribution < 1.29 is 4.39 Å². The molecule has 0 aromatic heterocycles. The van der Waals surface area contributed by atoms with E-state index in [1.807, 2.05) is 0 Å². The van der Waals surface area contributed by atoms with Gasteiger partial charge in [0.1, 0.15) is 5.82 Å². The summed E-state index contributed by atoms with van der Waals surface area (Å²) in [6, 6.07) is 4.72. The van der Waals surface area contributed by atoms with Crippen LogP contribution >= 0.6 is 15.9 Å². The average molecular weight is 256 g/mol. The third-order valence-electron chi connectivity index (χ3n) is 2.00. The predicted molar refractivity (Wildman–Crippen MR) is 59.4 cm³/mol. The topological polar surface area (TPSA) is 12.0 Å². The van der Waals surface area contributed by atoms with Crippen LogP contribution < -0.4 is 5.32 Å². The van der Waals surface area contributed by atoms with E-state index in [9.17, 15) is 4.39 Å². The van der Waals surface area contributed by atoms with E-state index in [4.69, 9.17) is 6.42 Å². The summed E-state index contributed by atoms with van der Waals surface area (Å²) in [6.45, 7) is 0. The molecule has 1 N–H and O–H groups in total. The molecule has 1 atom stereocenters. The summed E-state index contributed by atoms with van der Waals surface area (Å²) in [5.41, 5.74) is 0.597. The molecule has 0 fully saturated rings. The number of hydrogen-bond donors (Lipinski definition) is 1. The molecule has 1 unspecified atom stereocenters. The number of hydrogen-bond acceptors (Lipinski definition) is 1. The smallest absolute Gasteiger partial charge is 0.128 e. The zero-order chi connectivity index (χ0) is 10.6. The molecule has 0 aliphatic carbocycles. The van der Waals surface area contributed by atoms with Crippen LogP contribution in [0.25, 0.3) is 0 Å². The van der Waals surface area contributed by atoms with Gasteiger partial charge in [0.15, 0.2) is 0 Å². The fourth-order valence-electron chi connectivity index (χ4n) is 1.27. The second kappa shape index (κ2) is 5.14. The first-order valence-corrected chi connectivity index (χ1v) is 5.04. The van der Waals surface area contributed by atoms with Gasteiger partial charge in [0, 0.05) is 22.5 Å². The number of rotatable bonds is 3. The molecule has 0 heterocycles. The molecule has 74 valence electrons. The highest BCUT2D eigenvalue weighted by Crippen LogP contribution is 2.23. The molecule has 1 rings (SSSR count). The summed E-state index contributed by atoms with van der Waals surface area (Å²) in [4.78, 5) is 0. The molecule has 0 bridgehead atoms. The molecule has 0 radical (unpaired) electrons. The van der Waals surface area contributed by atoms with Gasteiger partial charge < -0.3 is 5.32 Å². The molecule has 0 spiro atoms. The van der Waals surface area contributed by atoms with Gasteiger partial charge >= 0.3 is 0 Å². The van der Waals surface area contributed by atoms with Crippen molar-refractivity contribution in [3.8, 4) is 12.3 Å². The largest absolute Gasteiger partial charge is 0.312 e. The second-order valence-electron chi connectivity index (χ2n) is 2.92. The second-order valence-corrected chi connectivity index (χ2v) is 3.83. The zero-order valence-electron chi connectivity index (χ0n) is 7.85. The molecule has 0 aliphatic rings. The Morgan fingerprint density at radius 1 is 1.64 bits per heavy atom. The number of halogens is 2. The van der Waals surface area contributed by atoms with E-state index >= 15 is 0 Å². The van der Waals surface area contributed by atoms with E-state index in [0.29, 0.717) is 12.0 Å². The van der Waals surface area contributed by atoms with Crippen molar-refractivity contribution in [1.82, 2.24) is 5.32 Å². The van der Waals surface area contributed by atoms with E-state index < -0.39 is 0 Å². The minimum atomic E-state index is -0.234. The Bertz CT molecular complexity index is 357. The van der Waals surface area contributed by atoms with E-state index in [0.717, 1.165) is 4.47 Å². The molecule has 0 aliphatic heterocycles. The molecule has 14 heavy (non-hydrogen) atoms. The van der Waals surface area contributed by atoms with Crippen LogP contribution in [0.2, 0.25) is 0 Å². The monoisotopic (exact) mass is 255 g/mol. The summed E-state index contributed by atoms with van der Waals surface area (Å²) in [6.07, 6.45) is 5.68. The van der Waals surface area contributed by atoms with Gasteiger partial charge in [-0.3, -0.25) is 0 Å². The van der Waals surface area contributed by atoms with E-state index in [-0.39, 0.29) is 11.9 Å². The standard InChI is InChI=1S/C11H11BrFN/c1-3-4-11(14-2)9-7-8(12)5-6-10(9)13/h1,5-7,11,14H,4H2,2H3. The Kier molecular flexibility index (Phi) is 4.12. The SMILES string of the molecule is C#CCC(NC)c1cc(Br)ccc1F. The Labute approximate surface area is 91.8 Å². The van der Waals surface area contributed by atoms with Gasteiger partial charge in [-0.15, -0.1) is 12.3 Å². The maximum atomic E-state index is 13.4. The van der Waals surface area contributed by atoms with Crippen molar-refractivity contribution >= 4 is 15.9 Å². The average Bonchev–Trinajstić information content (AvgIpc) is 2.18. The molecule has 0 saturated heterocycles. The summed E-state index contributed by atoms with van der Waals surface area (Å²) in [7, 11) is 1.77. The molecular weight excluding hydrogens is 245 g/mol. The molecule has 0 amide bonds. The fraction of sp³-hybridized carbons (Fsp3) is 0.273. The molecule has 1 aromatic rings. The van der Waals surface area contributed by atoms with Gasteiger partial charge in [-0.1, -0.05) is 15.9 Å². The van der Waals surface area contributed by atoms with Gasteiger partial charge in [-0.2, -0.15) is 0 Å². The van der Waals surface area contributed by atoms with E-state index in [1.165, 1.54) is 6.07 Å². The van der Waals surface area contributed by atoms with Gasteiger partial charge in [0.25, 0.3) is 0 Å². The normalized spacial score (nSPS) is 12.1. The highest BCUT2D eigenvalue weighted by molar-refractivity contribution is 9.10. The zero-order valence-corrected chi connectivity index (χ0v) is 9.44. The Balaban J connectivity index is 3.03. The first-order valence-electron chi connectivity index (χ1n) is 4.24. The quantitative estimate of drug-likeness (QED) is 0.820. The first kappa shape index (κ1) is 11.2. The molecular formula is C11H11BrFN. The van der Waals surface area contributed by atoms with Gasteiger partial charge in [0.2, 0.25) is 0 Å². The maximum absolute atomic E-state index is 13.4. The van der Waals surface area contributed by atoms with E-state index in [1.54, 1.807) is 19.2 Å². The van der Waals surface area contributed by atoms with Crippen LogP contribution in [0.15, 0.2) is 22.7 Å². The first-order chi connectivity index (χ1) is 6.69. The third kappa shape index (κ3) is 2.57. The van der Waals surface area contributed by atoms with Gasteiger partial charge in [-0.25, -0.2) is 4.39 Å². The van der Waals surface area contributed by atoms with E-state index in [2.05, 4.69) is 27.2 Å². The van der Waals surface area contributed by atoms with Crippen LogP contribution in [0.3, 0.4) is 0 Å². The maximum Gasteiger partial charge on any atom is 0.128 e. The third-order valence-corrected chi connectivity index (χ3v) is 2.50. The molecule has 1 aromatic carbocycles. The van der Waals surface area contributed by atoms with Crippen LogP contribution in [0.5, 0.6) is 0 Å². The summed E-state index contributed by atoms with van der Waals surface area (Å²) >= 11 is 3.30. The lowest BCUT2D eigenvalue weighted by atomic mass is 10.0. The molecule has 1 nitrogen and oxygen atoms in total. The Morgan fingerprint density at radius 3 is 2.93 bits per heavy atom.